The number of nitrogens with one attached hydrogen (secondary N) is 1. The topological polar surface area (TPSA) is 29.1 Å². The van der Waals surface area contributed by atoms with Gasteiger partial charge >= 0.3 is 0 Å². The fraction of sp³-hybridized carbons (Fsp3) is 0.500. The summed E-state index contributed by atoms with van der Waals surface area (Å²) >= 11 is 0. The van der Waals surface area contributed by atoms with Crippen LogP contribution in [0.15, 0.2) is 24.3 Å². The third-order valence-electron chi connectivity index (χ3n) is 3.36. The molecular weight excluding hydrogens is 198 g/mol. The van der Waals surface area contributed by atoms with Crippen molar-refractivity contribution < 1.29 is 4.79 Å². The number of hydrogen-bond donors (Lipinski definition) is 1. The Balaban J connectivity index is 2.19. The highest BCUT2D eigenvalue weighted by Gasteiger charge is 2.19. The van der Waals surface area contributed by atoms with E-state index in [1.54, 1.807) is 6.92 Å². The molecule has 0 spiro atoms. The van der Waals surface area contributed by atoms with Crippen molar-refractivity contribution in [2.24, 2.45) is 5.92 Å². The molecule has 86 valence electrons. The summed E-state index contributed by atoms with van der Waals surface area (Å²) in [5.41, 5.74) is 2.07. The third kappa shape index (κ3) is 2.50. The number of Topliss-reactive ketones (excluding diaryl/α,β-unsaturated/α-hetero) is 1. The fourth-order valence-electron chi connectivity index (χ4n) is 2.34. The van der Waals surface area contributed by atoms with Crippen LogP contribution in [0.25, 0.3) is 0 Å². The maximum Gasteiger partial charge on any atom is 0.159 e. The van der Waals surface area contributed by atoms with Gasteiger partial charge in [-0.1, -0.05) is 25.1 Å². The van der Waals surface area contributed by atoms with Gasteiger partial charge in [0, 0.05) is 11.6 Å². The van der Waals surface area contributed by atoms with Gasteiger partial charge in [0.05, 0.1) is 0 Å². The summed E-state index contributed by atoms with van der Waals surface area (Å²) in [6, 6.07) is 8.42. The normalized spacial score (nSPS) is 25.4. The van der Waals surface area contributed by atoms with Crippen LogP contribution in [-0.2, 0) is 0 Å². The van der Waals surface area contributed by atoms with Crippen molar-refractivity contribution in [3.8, 4) is 0 Å². The van der Waals surface area contributed by atoms with Crippen LogP contribution in [0, 0.1) is 5.92 Å². The van der Waals surface area contributed by atoms with Gasteiger partial charge in [0.1, 0.15) is 0 Å². The Morgan fingerprint density at radius 3 is 2.94 bits per heavy atom. The molecule has 1 fully saturated rings. The summed E-state index contributed by atoms with van der Waals surface area (Å²) in [4.78, 5) is 11.3. The van der Waals surface area contributed by atoms with Crippen molar-refractivity contribution in [2.45, 2.75) is 32.7 Å². The molecule has 2 heteroatoms. The quantitative estimate of drug-likeness (QED) is 0.772. The lowest BCUT2D eigenvalue weighted by molar-refractivity contribution is 0.101. The summed E-state index contributed by atoms with van der Waals surface area (Å²) in [7, 11) is 0. The van der Waals surface area contributed by atoms with E-state index in [-0.39, 0.29) is 5.78 Å². The molecule has 0 amide bonds. The average molecular weight is 217 g/mol. The highest BCUT2D eigenvalue weighted by Crippen LogP contribution is 2.27. The molecule has 2 nitrogen and oxygen atoms in total. The molecule has 1 heterocycles. The number of ketones is 1. The zero-order chi connectivity index (χ0) is 11.5. The van der Waals surface area contributed by atoms with Crippen LogP contribution in [0.1, 0.15) is 48.7 Å². The van der Waals surface area contributed by atoms with Gasteiger partial charge in [-0.25, -0.2) is 0 Å². The van der Waals surface area contributed by atoms with E-state index in [2.05, 4.69) is 18.3 Å². The molecule has 2 atom stereocenters. The van der Waals surface area contributed by atoms with Gasteiger partial charge in [0.25, 0.3) is 0 Å². The van der Waals surface area contributed by atoms with Gasteiger partial charge in [0.15, 0.2) is 5.78 Å². The molecule has 1 N–H and O–H groups in total. The predicted octanol–water partition coefficient (Wildman–Crippen LogP) is 2.95. The minimum absolute atomic E-state index is 0.144. The van der Waals surface area contributed by atoms with Crippen LogP contribution in [0.3, 0.4) is 0 Å². The van der Waals surface area contributed by atoms with Crippen molar-refractivity contribution in [1.82, 2.24) is 5.32 Å². The molecule has 1 aromatic rings. The van der Waals surface area contributed by atoms with Gasteiger partial charge in [0.2, 0.25) is 0 Å². The molecule has 2 rings (SSSR count). The number of piperidine rings is 1. The second-order valence-electron chi connectivity index (χ2n) is 4.82. The highest BCUT2D eigenvalue weighted by molar-refractivity contribution is 5.94. The third-order valence-corrected chi connectivity index (χ3v) is 3.36. The van der Waals surface area contributed by atoms with Crippen molar-refractivity contribution in [3.05, 3.63) is 35.4 Å². The maximum atomic E-state index is 11.3. The second kappa shape index (κ2) is 4.79. The van der Waals surface area contributed by atoms with Crippen LogP contribution in [-0.4, -0.2) is 12.3 Å². The smallest absolute Gasteiger partial charge is 0.159 e. The van der Waals surface area contributed by atoms with E-state index >= 15 is 0 Å². The summed E-state index contributed by atoms with van der Waals surface area (Å²) in [6.45, 7) is 4.99. The van der Waals surface area contributed by atoms with Crippen LogP contribution in [0.4, 0.5) is 0 Å². The minimum Gasteiger partial charge on any atom is -0.310 e. The molecular formula is C14H19NO. The first-order valence-electron chi connectivity index (χ1n) is 6.01. The van der Waals surface area contributed by atoms with Gasteiger partial charge in [-0.3, -0.25) is 4.79 Å². The number of benzene rings is 1. The fourth-order valence-corrected chi connectivity index (χ4v) is 2.34. The first kappa shape index (κ1) is 11.3. The van der Waals surface area contributed by atoms with Crippen LogP contribution >= 0.6 is 0 Å². The Morgan fingerprint density at radius 1 is 1.44 bits per heavy atom. The standard InChI is InChI=1S/C14H19NO/c1-10-6-7-15-14(8-10)13-5-3-4-12(9-13)11(2)16/h3-5,9-10,14-15H,6-8H2,1-2H3. The van der Waals surface area contributed by atoms with E-state index in [4.69, 9.17) is 0 Å². The number of hydrogen-bond acceptors (Lipinski definition) is 2. The van der Waals surface area contributed by atoms with E-state index in [0.29, 0.717) is 6.04 Å². The minimum atomic E-state index is 0.144. The Labute approximate surface area is 97.1 Å². The molecule has 1 aliphatic heterocycles. The maximum absolute atomic E-state index is 11.3. The second-order valence-corrected chi connectivity index (χ2v) is 4.82. The van der Waals surface area contributed by atoms with E-state index in [9.17, 15) is 4.79 Å². The van der Waals surface area contributed by atoms with E-state index in [1.165, 1.54) is 18.4 Å². The van der Waals surface area contributed by atoms with Gasteiger partial charge < -0.3 is 5.32 Å². The number of carbonyl (C=O) groups excluding carboxylic acids is 1. The molecule has 0 radical (unpaired) electrons. The molecule has 0 aromatic heterocycles. The molecule has 1 aliphatic rings. The lowest BCUT2D eigenvalue weighted by Crippen LogP contribution is -2.30. The van der Waals surface area contributed by atoms with Crippen molar-refractivity contribution in [3.63, 3.8) is 0 Å². The highest BCUT2D eigenvalue weighted by atomic mass is 16.1. The molecule has 0 saturated carbocycles. The van der Waals surface area contributed by atoms with Crippen molar-refractivity contribution in [1.29, 1.82) is 0 Å². The largest absolute Gasteiger partial charge is 0.310 e. The predicted molar refractivity (Wildman–Crippen MR) is 65.6 cm³/mol. The summed E-state index contributed by atoms with van der Waals surface area (Å²) in [6.07, 6.45) is 2.42. The zero-order valence-corrected chi connectivity index (χ0v) is 9.99. The average Bonchev–Trinajstić information content (AvgIpc) is 2.29. The lowest BCUT2D eigenvalue weighted by atomic mass is 9.89. The Bertz CT molecular complexity index is 386. The summed E-state index contributed by atoms with van der Waals surface area (Å²) in [5.74, 6) is 0.915. The zero-order valence-electron chi connectivity index (χ0n) is 9.99. The van der Waals surface area contributed by atoms with Crippen molar-refractivity contribution in [2.75, 3.05) is 6.54 Å². The lowest BCUT2D eigenvalue weighted by Gasteiger charge is -2.28. The summed E-state index contributed by atoms with van der Waals surface area (Å²) < 4.78 is 0. The van der Waals surface area contributed by atoms with E-state index in [0.717, 1.165) is 18.0 Å². The number of rotatable bonds is 2. The van der Waals surface area contributed by atoms with Gasteiger partial charge in [-0.15, -0.1) is 0 Å². The van der Waals surface area contributed by atoms with Gasteiger partial charge in [-0.2, -0.15) is 0 Å². The molecule has 2 unspecified atom stereocenters. The molecule has 1 saturated heterocycles. The SMILES string of the molecule is CC(=O)c1cccc(C2CC(C)CCN2)c1. The monoisotopic (exact) mass is 217 g/mol. The van der Waals surface area contributed by atoms with E-state index in [1.807, 2.05) is 18.2 Å². The summed E-state index contributed by atoms with van der Waals surface area (Å²) in [5, 5.41) is 3.52. The Hall–Kier alpha value is -1.15. The Morgan fingerprint density at radius 2 is 2.25 bits per heavy atom. The first-order valence-corrected chi connectivity index (χ1v) is 6.01. The molecule has 1 aromatic carbocycles. The van der Waals surface area contributed by atoms with Crippen LogP contribution in [0.2, 0.25) is 0 Å². The number of carbonyl (C=O) groups is 1. The van der Waals surface area contributed by atoms with Crippen LogP contribution in [0.5, 0.6) is 0 Å². The Kier molecular flexibility index (Phi) is 3.39. The van der Waals surface area contributed by atoms with Crippen LogP contribution < -0.4 is 5.32 Å². The molecule has 16 heavy (non-hydrogen) atoms. The van der Waals surface area contributed by atoms with Crippen molar-refractivity contribution >= 4 is 5.78 Å². The van der Waals surface area contributed by atoms with E-state index < -0.39 is 0 Å². The molecule has 0 aliphatic carbocycles. The van der Waals surface area contributed by atoms with Gasteiger partial charge in [-0.05, 0) is 43.9 Å². The first-order chi connectivity index (χ1) is 7.66. The molecule has 0 bridgehead atoms.